The fourth-order valence-electron chi connectivity index (χ4n) is 6.30. The molecule has 2 bridgehead atoms. The SMILES string of the molecule is COc1ccc(C(=O)OC2C3CC(C4CCCCC43)C2OC(=O)c2ccc(OC)cc2)cc1. The van der Waals surface area contributed by atoms with Crippen LogP contribution in [0.15, 0.2) is 48.5 Å². The van der Waals surface area contributed by atoms with E-state index in [2.05, 4.69) is 0 Å². The van der Waals surface area contributed by atoms with Crippen molar-refractivity contribution < 1.29 is 28.5 Å². The van der Waals surface area contributed by atoms with Gasteiger partial charge in [-0.25, -0.2) is 9.59 Å². The monoisotopic (exact) mass is 450 g/mol. The Kier molecular flexibility index (Phi) is 6.00. The van der Waals surface area contributed by atoms with Crippen molar-refractivity contribution in [2.75, 3.05) is 14.2 Å². The van der Waals surface area contributed by atoms with Gasteiger partial charge in [0.15, 0.2) is 0 Å². The summed E-state index contributed by atoms with van der Waals surface area (Å²) >= 11 is 0. The maximum absolute atomic E-state index is 13.0. The summed E-state index contributed by atoms with van der Waals surface area (Å²) in [5.41, 5.74) is 0.943. The minimum Gasteiger partial charge on any atom is -0.497 e. The quantitative estimate of drug-likeness (QED) is 0.583. The molecule has 3 fully saturated rings. The average Bonchev–Trinajstić information content (AvgIpc) is 3.41. The summed E-state index contributed by atoms with van der Waals surface area (Å²) < 4.78 is 22.5. The van der Waals surface area contributed by atoms with Crippen molar-refractivity contribution >= 4 is 11.9 Å². The van der Waals surface area contributed by atoms with Crippen molar-refractivity contribution in [1.82, 2.24) is 0 Å². The lowest BCUT2D eigenvalue weighted by Crippen LogP contribution is -2.47. The molecule has 6 nitrogen and oxygen atoms in total. The van der Waals surface area contributed by atoms with E-state index in [1.807, 2.05) is 0 Å². The summed E-state index contributed by atoms with van der Waals surface area (Å²) in [6, 6.07) is 13.8. The van der Waals surface area contributed by atoms with Crippen LogP contribution >= 0.6 is 0 Å². The van der Waals surface area contributed by atoms with E-state index >= 15 is 0 Å². The summed E-state index contributed by atoms with van der Waals surface area (Å²) in [7, 11) is 3.18. The molecule has 0 aliphatic heterocycles. The standard InChI is InChI=1S/C27H30O6/c1-30-18-11-7-16(8-12-18)26(28)32-24-22-15-23(21-6-4-3-5-20(21)22)25(24)33-27(29)17-9-13-19(31-2)14-10-17/h7-14,20-25H,3-6,15H2,1-2H3. The topological polar surface area (TPSA) is 71.1 Å². The van der Waals surface area contributed by atoms with Gasteiger partial charge >= 0.3 is 11.9 Å². The van der Waals surface area contributed by atoms with Crippen LogP contribution in [0.1, 0.15) is 52.8 Å². The summed E-state index contributed by atoms with van der Waals surface area (Å²) in [5.74, 6) is 2.20. The van der Waals surface area contributed by atoms with Gasteiger partial charge in [-0.2, -0.15) is 0 Å². The molecule has 3 aliphatic rings. The predicted molar refractivity (Wildman–Crippen MR) is 121 cm³/mol. The molecule has 6 unspecified atom stereocenters. The first kappa shape index (κ1) is 21.8. The summed E-state index contributed by atoms with van der Waals surface area (Å²) in [6.07, 6.45) is 4.91. The average molecular weight is 451 g/mol. The fourth-order valence-corrected chi connectivity index (χ4v) is 6.30. The molecule has 0 amide bonds. The number of fused-ring (bicyclic) bond motifs is 5. The zero-order valence-electron chi connectivity index (χ0n) is 19.1. The van der Waals surface area contributed by atoms with Gasteiger partial charge in [-0.15, -0.1) is 0 Å². The van der Waals surface area contributed by atoms with E-state index in [4.69, 9.17) is 18.9 Å². The minimum atomic E-state index is -0.411. The fraction of sp³-hybridized carbons (Fsp3) is 0.481. The van der Waals surface area contributed by atoms with Crippen LogP contribution in [0.5, 0.6) is 11.5 Å². The Bertz CT molecular complexity index is 917. The number of esters is 2. The first-order valence-corrected chi connectivity index (χ1v) is 11.8. The van der Waals surface area contributed by atoms with Crippen molar-refractivity contribution in [1.29, 1.82) is 0 Å². The highest BCUT2D eigenvalue weighted by molar-refractivity contribution is 5.90. The van der Waals surface area contributed by atoms with Gasteiger partial charge < -0.3 is 18.9 Å². The van der Waals surface area contributed by atoms with Crippen LogP contribution in [-0.2, 0) is 9.47 Å². The Morgan fingerprint density at radius 2 is 1.03 bits per heavy atom. The normalized spacial score (nSPS) is 29.8. The number of carbonyl (C=O) groups excluding carboxylic acids is 2. The maximum Gasteiger partial charge on any atom is 0.338 e. The van der Waals surface area contributed by atoms with E-state index in [0.29, 0.717) is 34.5 Å². The number of benzene rings is 2. The van der Waals surface area contributed by atoms with Crippen LogP contribution < -0.4 is 9.47 Å². The third-order valence-corrected chi connectivity index (χ3v) is 7.82. The van der Waals surface area contributed by atoms with Gasteiger partial charge in [-0.3, -0.25) is 0 Å². The van der Waals surface area contributed by atoms with E-state index in [9.17, 15) is 9.59 Å². The van der Waals surface area contributed by atoms with E-state index in [-0.39, 0.29) is 23.8 Å². The number of rotatable bonds is 6. The van der Waals surface area contributed by atoms with E-state index in [0.717, 1.165) is 6.42 Å². The molecule has 0 saturated heterocycles. The molecular formula is C27H30O6. The Balaban J connectivity index is 1.36. The molecule has 0 heterocycles. The van der Waals surface area contributed by atoms with Crippen LogP contribution in [-0.4, -0.2) is 38.4 Å². The van der Waals surface area contributed by atoms with Crippen molar-refractivity contribution in [2.24, 2.45) is 23.7 Å². The molecule has 6 atom stereocenters. The summed E-state index contributed by atoms with van der Waals surface area (Å²) in [6.45, 7) is 0. The molecule has 2 aromatic rings. The molecule has 0 radical (unpaired) electrons. The van der Waals surface area contributed by atoms with Crippen LogP contribution in [0.4, 0.5) is 0 Å². The largest absolute Gasteiger partial charge is 0.497 e. The second kappa shape index (κ2) is 9.08. The van der Waals surface area contributed by atoms with Crippen LogP contribution in [0.2, 0.25) is 0 Å². The second-order valence-electron chi connectivity index (χ2n) is 9.37. The summed E-state index contributed by atoms with van der Waals surface area (Å²) in [4.78, 5) is 26.0. The lowest BCUT2D eigenvalue weighted by Gasteiger charge is -2.42. The number of methoxy groups -OCH3 is 2. The molecule has 3 aliphatic carbocycles. The number of ether oxygens (including phenoxy) is 4. The van der Waals surface area contributed by atoms with Gasteiger partial charge in [0.1, 0.15) is 23.7 Å². The first-order chi connectivity index (χ1) is 16.1. The van der Waals surface area contributed by atoms with Crippen LogP contribution in [0.3, 0.4) is 0 Å². The molecule has 5 rings (SSSR count). The predicted octanol–water partition coefficient (Wildman–Crippen LogP) is 4.91. The first-order valence-electron chi connectivity index (χ1n) is 11.8. The van der Waals surface area contributed by atoms with Crippen molar-refractivity contribution in [3.63, 3.8) is 0 Å². The Hall–Kier alpha value is -3.02. The molecule has 0 spiro atoms. The number of hydrogen-bond donors (Lipinski definition) is 0. The molecule has 174 valence electrons. The highest BCUT2D eigenvalue weighted by atomic mass is 16.6. The Morgan fingerprint density at radius 3 is 1.39 bits per heavy atom. The van der Waals surface area contributed by atoms with E-state index in [1.165, 1.54) is 25.7 Å². The van der Waals surface area contributed by atoms with Gasteiger partial charge in [0.2, 0.25) is 0 Å². The summed E-state index contributed by atoms with van der Waals surface area (Å²) in [5, 5.41) is 0. The smallest absolute Gasteiger partial charge is 0.338 e. The van der Waals surface area contributed by atoms with E-state index in [1.54, 1.807) is 62.8 Å². The molecule has 2 aromatic carbocycles. The van der Waals surface area contributed by atoms with Crippen molar-refractivity contribution in [3.8, 4) is 11.5 Å². The number of hydrogen-bond acceptors (Lipinski definition) is 6. The second-order valence-corrected chi connectivity index (χ2v) is 9.37. The molecular weight excluding hydrogens is 420 g/mol. The highest BCUT2D eigenvalue weighted by Crippen LogP contribution is 2.59. The lowest BCUT2D eigenvalue weighted by molar-refractivity contribution is -0.0872. The molecule has 33 heavy (non-hydrogen) atoms. The van der Waals surface area contributed by atoms with Crippen LogP contribution in [0.25, 0.3) is 0 Å². The van der Waals surface area contributed by atoms with Crippen molar-refractivity contribution in [2.45, 2.75) is 44.3 Å². The lowest BCUT2D eigenvalue weighted by atomic mass is 9.69. The third kappa shape index (κ3) is 4.07. The molecule has 3 saturated carbocycles. The molecule has 6 heteroatoms. The molecule has 0 aromatic heterocycles. The van der Waals surface area contributed by atoms with Gasteiger partial charge in [0.05, 0.1) is 25.3 Å². The van der Waals surface area contributed by atoms with Gasteiger partial charge in [-0.1, -0.05) is 12.8 Å². The molecule has 0 N–H and O–H groups in total. The zero-order valence-corrected chi connectivity index (χ0v) is 19.1. The Labute approximate surface area is 194 Å². The maximum atomic E-state index is 13.0. The minimum absolute atomic E-state index is 0.246. The van der Waals surface area contributed by atoms with Crippen LogP contribution in [0, 0.1) is 23.7 Å². The van der Waals surface area contributed by atoms with Gasteiger partial charge in [0.25, 0.3) is 0 Å². The highest BCUT2D eigenvalue weighted by Gasteiger charge is 2.61. The van der Waals surface area contributed by atoms with Crippen molar-refractivity contribution in [3.05, 3.63) is 59.7 Å². The third-order valence-electron chi connectivity index (χ3n) is 7.82. The van der Waals surface area contributed by atoms with Gasteiger partial charge in [0, 0.05) is 11.8 Å². The number of carbonyl (C=O) groups is 2. The van der Waals surface area contributed by atoms with E-state index < -0.39 is 12.2 Å². The zero-order chi connectivity index (χ0) is 22.9. The van der Waals surface area contributed by atoms with Gasteiger partial charge in [-0.05, 0) is 79.6 Å². The Morgan fingerprint density at radius 1 is 0.636 bits per heavy atom.